The normalized spacial score (nSPS) is 10.7. The Morgan fingerprint density at radius 2 is 2.36 bits per heavy atom. The first-order chi connectivity index (χ1) is 6.59. The van der Waals surface area contributed by atoms with Crippen LogP contribution in [0.4, 0.5) is 0 Å². The lowest BCUT2D eigenvalue weighted by atomic mass is 10.5. The number of primary amides is 1. The number of amides is 1. The van der Waals surface area contributed by atoms with Gasteiger partial charge < -0.3 is 5.73 Å². The van der Waals surface area contributed by atoms with Crippen LogP contribution in [-0.2, 0) is 0 Å². The van der Waals surface area contributed by atoms with Crippen molar-refractivity contribution < 1.29 is 4.79 Å². The number of rotatable bonds is 1. The summed E-state index contributed by atoms with van der Waals surface area (Å²) in [4.78, 5) is 14.9. The zero-order valence-electron chi connectivity index (χ0n) is 6.74. The van der Waals surface area contributed by atoms with Crippen LogP contribution in [0.1, 0.15) is 10.5 Å². The summed E-state index contributed by atoms with van der Waals surface area (Å²) in [5, 5.41) is 4.16. The summed E-state index contributed by atoms with van der Waals surface area (Å²) in [7, 11) is 0. The molecule has 0 saturated carbocycles. The van der Waals surface area contributed by atoms with Gasteiger partial charge in [0.25, 0.3) is 5.91 Å². The van der Waals surface area contributed by atoms with Gasteiger partial charge in [0.2, 0.25) is 0 Å². The Labute approximate surface area is 92.0 Å². The third-order valence-electron chi connectivity index (χ3n) is 1.65. The fourth-order valence-corrected chi connectivity index (χ4v) is 1.87. The molecule has 0 spiro atoms. The predicted octanol–water partition coefficient (Wildman–Crippen LogP) is 1.24. The van der Waals surface area contributed by atoms with Crippen molar-refractivity contribution in [2.45, 2.75) is 0 Å². The van der Waals surface area contributed by atoms with Gasteiger partial charge in [-0.2, -0.15) is 5.10 Å². The largest absolute Gasteiger partial charge is 0.364 e. The molecule has 2 aromatic rings. The number of nitrogens with zero attached hydrogens (tertiary/aromatic N) is 3. The van der Waals surface area contributed by atoms with E-state index in [4.69, 9.17) is 17.3 Å². The van der Waals surface area contributed by atoms with Crippen LogP contribution in [0.2, 0.25) is 5.15 Å². The number of hydrogen-bond acceptors (Lipinski definition) is 3. The third-order valence-corrected chi connectivity index (χ3v) is 2.41. The molecule has 2 rings (SSSR count). The standard InChI is InChI=1S/C7H4BrClN4O/c8-3-1-5(9)12-13-4(6(10)14)2-11-7(3)13/h1-2H,(H2,10,14). The van der Waals surface area contributed by atoms with Gasteiger partial charge in [0.05, 0.1) is 10.7 Å². The van der Waals surface area contributed by atoms with E-state index < -0.39 is 5.91 Å². The van der Waals surface area contributed by atoms with Crippen molar-refractivity contribution in [2.75, 3.05) is 0 Å². The molecule has 1 amide bonds. The lowest BCUT2D eigenvalue weighted by Crippen LogP contribution is -2.14. The number of aromatic nitrogens is 3. The Morgan fingerprint density at radius 3 is 3.00 bits per heavy atom. The van der Waals surface area contributed by atoms with Crippen LogP contribution in [0.5, 0.6) is 0 Å². The molecule has 0 unspecified atom stereocenters. The van der Waals surface area contributed by atoms with E-state index in [2.05, 4.69) is 26.0 Å². The number of halogens is 2. The third kappa shape index (κ3) is 1.36. The first-order valence-electron chi connectivity index (χ1n) is 3.59. The smallest absolute Gasteiger partial charge is 0.269 e. The second kappa shape index (κ2) is 3.21. The van der Waals surface area contributed by atoms with Crippen molar-refractivity contribution >= 4 is 39.1 Å². The SMILES string of the molecule is NC(=O)c1cnc2c(Br)cc(Cl)nn12. The van der Waals surface area contributed by atoms with Gasteiger partial charge in [-0.1, -0.05) is 11.6 Å². The summed E-state index contributed by atoms with van der Waals surface area (Å²) in [5.41, 5.74) is 5.83. The average molecular weight is 275 g/mol. The zero-order valence-corrected chi connectivity index (χ0v) is 9.08. The van der Waals surface area contributed by atoms with Gasteiger partial charge in [0.1, 0.15) is 5.69 Å². The number of fused-ring (bicyclic) bond motifs is 1. The highest BCUT2D eigenvalue weighted by atomic mass is 79.9. The van der Waals surface area contributed by atoms with Crippen LogP contribution in [0.15, 0.2) is 16.7 Å². The van der Waals surface area contributed by atoms with Gasteiger partial charge in [0, 0.05) is 0 Å². The van der Waals surface area contributed by atoms with Gasteiger partial charge in [-0.25, -0.2) is 9.50 Å². The second-order valence-corrected chi connectivity index (χ2v) is 3.80. The molecule has 0 aliphatic heterocycles. The second-order valence-electron chi connectivity index (χ2n) is 2.56. The molecule has 2 aromatic heterocycles. The molecule has 0 radical (unpaired) electrons. The van der Waals surface area contributed by atoms with Crippen LogP contribution >= 0.6 is 27.5 Å². The van der Waals surface area contributed by atoms with Crippen molar-refractivity contribution in [2.24, 2.45) is 5.73 Å². The summed E-state index contributed by atoms with van der Waals surface area (Å²) >= 11 is 8.97. The number of imidazole rings is 1. The monoisotopic (exact) mass is 274 g/mol. The van der Waals surface area contributed by atoms with Crippen LogP contribution in [0.25, 0.3) is 5.65 Å². The average Bonchev–Trinajstić information content (AvgIpc) is 2.47. The lowest BCUT2D eigenvalue weighted by molar-refractivity contribution is 0.0993. The van der Waals surface area contributed by atoms with Gasteiger partial charge in [-0.3, -0.25) is 4.79 Å². The molecule has 0 bridgehead atoms. The first-order valence-corrected chi connectivity index (χ1v) is 4.76. The quantitative estimate of drug-likeness (QED) is 0.851. The van der Waals surface area contributed by atoms with Gasteiger partial charge in [0.15, 0.2) is 10.8 Å². The molecule has 72 valence electrons. The summed E-state index contributed by atoms with van der Waals surface area (Å²) in [5.74, 6) is -0.598. The molecule has 0 aliphatic carbocycles. The highest BCUT2D eigenvalue weighted by Gasteiger charge is 2.12. The predicted molar refractivity (Wildman–Crippen MR) is 54.2 cm³/mol. The van der Waals surface area contributed by atoms with Crippen LogP contribution in [0, 0.1) is 0 Å². The number of nitrogens with two attached hydrogens (primary N) is 1. The maximum atomic E-state index is 11.0. The van der Waals surface area contributed by atoms with Crippen molar-refractivity contribution in [1.29, 1.82) is 0 Å². The Hall–Kier alpha value is -1.14. The van der Waals surface area contributed by atoms with E-state index in [9.17, 15) is 4.79 Å². The Kier molecular flexibility index (Phi) is 2.16. The molecule has 0 aliphatic rings. The summed E-state index contributed by atoms with van der Waals surface area (Å²) in [6.07, 6.45) is 1.35. The molecule has 7 heteroatoms. The van der Waals surface area contributed by atoms with Crippen LogP contribution in [0.3, 0.4) is 0 Å². The first kappa shape index (κ1) is 9.42. The summed E-state index contributed by atoms with van der Waals surface area (Å²) in [6.45, 7) is 0. The fraction of sp³-hybridized carbons (Fsp3) is 0. The Balaban J connectivity index is 2.85. The minimum atomic E-state index is -0.598. The van der Waals surface area contributed by atoms with E-state index >= 15 is 0 Å². The van der Waals surface area contributed by atoms with Crippen LogP contribution < -0.4 is 5.73 Å². The van der Waals surface area contributed by atoms with Gasteiger partial charge in [-0.15, -0.1) is 0 Å². The van der Waals surface area contributed by atoms with Crippen molar-refractivity contribution in [1.82, 2.24) is 14.6 Å². The molecule has 2 heterocycles. The zero-order chi connectivity index (χ0) is 10.3. The summed E-state index contributed by atoms with van der Waals surface area (Å²) < 4.78 is 1.96. The molecular formula is C7H4BrClN4O. The van der Waals surface area contributed by atoms with Crippen molar-refractivity contribution in [3.63, 3.8) is 0 Å². The van der Waals surface area contributed by atoms with E-state index in [1.165, 1.54) is 10.7 Å². The summed E-state index contributed by atoms with van der Waals surface area (Å²) in [6, 6.07) is 1.59. The van der Waals surface area contributed by atoms with Crippen molar-refractivity contribution in [3.05, 3.63) is 27.6 Å². The minimum Gasteiger partial charge on any atom is -0.364 e. The van der Waals surface area contributed by atoms with Gasteiger partial charge in [-0.05, 0) is 22.0 Å². The Morgan fingerprint density at radius 1 is 1.64 bits per heavy atom. The maximum absolute atomic E-state index is 11.0. The molecule has 2 N–H and O–H groups in total. The highest BCUT2D eigenvalue weighted by Crippen LogP contribution is 2.20. The highest BCUT2D eigenvalue weighted by molar-refractivity contribution is 9.10. The fourth-order valence-electron chi connectivity index (χ4n) is 1.07. The molecule has 5 nitrogen and oxygen atoms in total. The Bertz CT molecular complexity index is 524. The molecule has 0 fully saturated rings. The molecule has 14 heavy (non-hydrogen) atoms. The molecular weight excluding hydrogens is 271 g/mol. The molecule has 0 atom stereocenters. The maximum Gasteiger partial charge on any atom is 0.269 e. The van der Waals surface area contributed by atoms with Crippen molar-refractivity contribution in [3.8, 4) is 0 Å². The van der Waals surface area contributed by atoms with E-state index in [-0.39, 0.29) is 10.8 Å². The van der Waals surface area contributed by atoms with Crippen LogP contribution in [-0.4, -0.2) is 20.5 Å². The van der Waals surface area contributed by atoms with E-state index in [1.807, 2.05) is 0 Å². The number of carbonyl (C=O) groups is 1. The van der Waals surface area contributed by atoms with E-state index in [0.717, 1.165) is 0 Å². The van der Waals surface area contributed by atoms with E-state index in [1.54, 1.807) is 6.07 Å². The topological polar surface area (TPSA) is 73.3 Å². The van der Waals surface area contributed by atoms with Gasteiger partial charge >= 0.3 is 0 Å². The van der Waals surface area contributed by atoms with E-state index in [0.29, 0.717) is 10.1 Å². The number of hydrogen-bond donors (Lipinski definition) is 1. The molecule has 0 aromatic carbocycles. The lowest BCUT2D eigenvalue weighted by Gasteiger charge is -1.98. The number of carbonyl (C=O) groups excluding carboxylic acids is 1. The minimum absolute atomic E-state index is 0.197. The molecule has 0 saturated heterocycles.